The van der Waals surface area contributed by atoms with E-state index in [9.17, 15) is 14.0 Å². The highest BCUT2D eigenvalue weighted by Crippen LogP contribution is 2.21. The molecule has 1 aromatic heterocycles. The Morgan fingerprint density at radius 3 is 2.58 bits per heavy atom. The number of aryl methyl sites for hydroxylation is 1. The SMILES string of the molecule is Cn1ccnc1C(NC(=O)CCCCCNC(N)=O)c1ccc(F)cc1. The Morgan fingerprint density at radius 1 is 1.23 bits per heavy atom. The highest BCUT2D eigenvalue weighted by atomic mass is 19.1. The van der Waals surface area contributed by atoms with E-state index in [2.05, 4.69) is 15.6 Å². The molecule has 3 amide bonds. The fourth-order valence-corrected chi connectivity index (χ4v) is 2.64. The number of carbonyl (C=O) groups is 2. The minimum atomic E-state index is -0.542. The molecule has 2 rings (SSSR count). The number of halogens is 1. The van der Waals surface area contributed by atoms with Crippen LogP contribution < -0.4 is 16.4 Å². The van der Waals surface area contributed by atoms with Gasteiger partial charge in [-0.3, -0.25) is 4.79 Å². The first-order valence-electron chi connectivity index (χ1n) is 8.52. The van der Waals surface area contributed by atoms with Crippen LogP contribution in [0, 0.1) is 5.82 Å². The smallest absolute Gasteiger partial charge is 0.312 e. The summed E-state index contributed by atoms with van der Waals surface area (Å²) in [6.45, 7) is 0.502. The van der Waals surface area contributed by atoms with Crippen molar-refractivity contribution in [2.24, 2.45) is 12.8 Å². The van der Waals surface area contributed by atoms with Crippen LogP contribution in [0.3, 0.4) is 0 Å². The van der Waals surface area contributed by atoms with Crippen molar-refractivity contribution in [2.75, 3.05) is 6.54 Å². The summed E-state index contributed by atoms with van der Waals surface area (Å²) in [6.07, 6.45) is 6.07. The first kappa shape index (κ1) is 19.4. The van der Waals surface area contributed by atoms with E-state index >= 15 is 0 Å². The third-order valence-electron chi connectivity index (χ3n) is 4.01. The van der Waals surface area contributed by atoms with Gasteiger partial charge in [0.2, 0.25) is 5.91 Å². The van der Waals surface area contributed by atoms with E-state index < -0.39 is 12.1 Å². The number of benzene rings is 1. The second-order valence-electron chi connectivity index (χ2n) is 6.05. The molecule has 0 bridgehead atoms. The number of nitrogens with zero attached hydrogens (tertiary/aromatic N) is 2. The zero-order valence-corrected chi connectivity index (χ0v) is 14.7. The summed E-state index contributed by atoms with van der Waals surface area (Å²) in [6, 6.07) is 5.03. The van der Waals surface area contributed by atoms with Gasteiger partial charge in [-0.2, -0.15) is 0 Å². The van der Waals surface area contributed by atoms with Gasteiger partial charge in [-0.25, -0.2) is 14.2 Å². The molecule has 2 aromatic rings. The van der Waals surface area contributed by atoms with E-state index in [0.29, 0.717) is 25.2 Å². The van der Waals surface area contributed by atoms with Gasteiger partial charge in [0.25, 0.3) is 0 Å². The molecule has 8 heteroatoms. The van der Waals surface area contributed by atoms with E-state index in [1.807, 2.05) is 11.6 Å². The van der Waals surface area contributed by atoms with Crippen LogP contribution in [-0.2, 0) is 11.8 Å². The summed E-state index contributed by atoms with van der Waals surface area (Å²) in [5.74, 6) is 0.240. The first-order valence-corrected chi connectivity index (χ1v) is 8.52. The standard InChI is InChI=1S/C18H24FN5O2/c1-24-12-11-21-17(24)16(13-6-8-14(19)9-7-13)23-15(25)5-3-2-4-10-22-18(20)26/h6-9,11-12,16H,2-5,10H2,1H3,(H,23,25)(H3,20,22,26). The van der Waals surface area contributed by atoms with Gasteiger partial charge < -0.3 is 20.9 Å². The van der Waals surface area contributed by atoms with Gasteiger partial charge in [0.05, 0.1) is 0 Å². The number of imidazole rings is 1. The van der Waals surface area contributed by atoms with Crippen LogP contribution in [0.5, 0.6) is 0 Å². The van der Waals surface area contributed by atoms with E-state index in [-0.39, 0.29) is 11.7 Å². The highest BCUT2D eigenvalue weighted by molar-refractivity contribution is 5.76. The van der Waals surface area contributed by atoms with Crippen LogP contribution in [0.1, 0.15) is 43.1 Å². The quantitative estimate of drug-likeness (QED) is 0.595. The molecule has 1 atom stereocenters. The van der Waals surface area contributed by atoms with Crippen molar-refractivity contribution < 1.29 is 14.0 Å². The predicted octanol–water partition coefficient (Wildman–Crippen LogP) is 1.99. The van der Waals surface area contributed by atoms with Crippen LogP contribution >= 0.6 is 0 Å². The lowest BCUT2D eigenvalue weighted by Crippen LogP contribution is -2.31. The number of unbranched alkanes of at least 4 members (excludes halogenated alkanes) is 2. The number of carbonyl (C=O) groups excluding carboxylic acids is 2. The van der Waals surface area contributed by atoms with Crippen molar-refractivity contribution in [3.63, 3.8) is 0 Å². The Hall–Kier alpha value is -2.90. The second-order valence-corrected chi connectivity index (χ2v) is 6.05. The molecule has 0 saturated heterocycles. The average molecular weight is 361 g/mol. The zero-order chi connectivity index (χ0) is 18.9. The summed E-state index contributed by atoms with van der Waals surface area (Å²) in [5, 5.41) is 5.48. The number of hydrogen-bond donors (Lipinski definition) is 3. The van der Waals surface area contributed by atoms with Crippen molar-refractivity contribution in [2.45, 2.75) is 31.7 Å². The predicted molar refractivity (Wildman–Crippen MR) is 95.6 cm³/mol. The maximum atomic E-state index is 13.2. The molecular weight excluding hydrogens is 337 g/mol. The van der Waals surface area contributed by atoms with E-state index in [1.54, 1.807) is 24.5 Å². The lowest BCUT2D eigenvalue weighted by molar-refractivity contribution is -0.121. The average Bonchev–Trinajstić information content (AvgIpc) is 3.02. The largest absolute Gasteiger partial charge is 0.352 e. The summed E-state index contributed by atoms with van der Waals surface area (Å²) in [4.78, 5) is 27.2. The Balaban J connectivity index is 1.92. The van der Waals surface area contributed by atoms with E-state index in [1.165, 1.54) is 12.1 Å². The van der Waals surface area contributed by atoms with Gasteiger partial charge in [-0.1, -0.05) is 18.6 Å². The molecule has 0 aliphatic rings. The molecule has 0 radical (unpaired) electrons. The summed E-state index contributed by atoms with van der Waals surface area (Å²) < 4.78 is 15.0. The lowest BCUT2D eigenvalue weighted by Gasteiger charge is -2.19. The topological polar surface area (TPSA) is 102 Å². The number of urea groups is 1. The van der Waals surface area contributed by atoms with E-state index in [4.69, 9.17) is 5.73 Å². The molecule has 140 valence electrons. The molecular formula is C18H24FN5O2. The van der Waals surface area contributed by atoms with Crippen molar-refractivity contribution >= 4 is 11.9 Å². The Kier molecular flexibility index (Phi) is 7.13. The Labute approximate surface area is 151 Å². The third kappa shape index (κ3) is 5.87. The maximum absolute atomic E-state index is 13.2. The van der Waals surface area contributed by atoms with Crippen molar-refractivity contribution in [3.8, 4) is 0 Å². The lowest BCUT2D eigenvalue weighted by atomic mass is 10.1. The summed E-state index contributed by atoms with van der Waals surface area (Å²) in [7, 11) is 1.84. The number of aromatic nitrogens is 2. The Morgan fingerprint density at radius 2 is 1.96 bits per heavy atom. The van der Waals surface area contributed by atoms with Crippen molar-refractivity contribution in [1.29, 1.82) is 0 Å². The fraction of sp³-hybridized carbons (Fsp3) is 0.389. The number of primary amides is 1. The van der Waals surface area contributed by atoms with Crippen LogP contribution in [0.25, 0.3) is 0 Å². The van der Waals surface area contributed by atoms with Gasteiger partial charge in [0, 0.05) is 32.4 Å². The van der Waals surface area contributed by atoms with Gasteiger partial charge in [-0.05, 0) is 30.5 Å². The van der Waals surface area contributed by atoms with Crippen molar-refractivity contribution in [1.82, 2.24) is 20.2 Å². The molecule has 7 nitrogen and oxygen atoms in total. The second kappa shape index (κ2) is 9.55. The van der Waals surface area contributed by atoms with Gasteiger partial charge >= 0.3 is 6.03 Å². The molecule has 0 aliphatic heterocycles. The van der Waals surface area contributed by atoms with Crippen LogP contribution in [-0.4, -0.2) is 28.0 Å². The molecule has 0 aliphatic carbocycles. The molecule has 1 aromatic carbocycles. The van der Waals surface area contributed by atoms with Crippen LogP contribution in [0.4, 0.5) is 9.18 Å². The fourth-order valence-electron chi connectivity index (χ4n) is 2.64. The number of nitrogens with one attached hydrogen (secondary N) is 2. The van der Waals surface area contributed by atoms with E-state index in [0.717, 1.165) is 18.4 Å². The number of hydrogen-bond acceptors (Lipinski definition) is 3. The molecule has 1 heterocycles. The zero-order valence-electron chi connectivity index (χ0n) is 14.7. The third-order valence-corrected chi connectivity index (χ3v) is 4.01. The molecule has 1 unspecified atom stereocenters. The minimum Gasteiger partial charge on any atom is -0.352 e. The number of nitrogens with two attached hydrogens (primary N) is 1. The number of amides is 3. The number of rotatable bonds is 9. The van der Waals surface area contributed by atoms with Crippen LogP contribution in [0.15, 0.2) is 36.7 Å². The van der Waals surface area contributed by atoms with Crippen LogP contribution in [0.2, 0.25) is 0 Å². The normalized spacial score (nSPS) is 11.8. The molecule has 0 spiro atoms. The van der Waals surface area contributed by atoms with Gasteiger partial charge in [-0.15, -0.1) is 0 Å². The van der Waals surface area contributed by atoms with Gasteiger partial charge in [0.1, 0.15) is 17.7 Å². The summed E-state index contributed by atoms with van der Waals surface area (Å²) in [5.41, 5.74) is 5.75. The van der Waals surface area contributed by atoms with Gasteiger partial charge in [0.15, 0.2) is 0 Å². The van der Waals surface area contributed by atoms with Crippen molar-refractivity contribution in [3.05, 3.63) is 53.9 Å². The molecule has 0 saturated carbocycles. The summed E-state index contributed by atoms with van der Waals surface area (Å²) >= 11 is 0. The molecule has 26 heavy (non-hydrogen) atoms. The molecule has 4 N–H and O–H groups in total. The first-order chi connectivity index (χ1) is 12.5. The minimum absolute atomic E-state index is 0.106. The highest BCUT2D eigenvalue weighted by Gasteiger charge is 2.20. The molecule has 0 fully saturated rings. The monoisotopic (exact) mass is 361 g/mol. The Bertz CT molecular complexity index is 729. The maximum Gasteiger partial charge on any atom is 0.312 e.